The Morgan fingerprint density at radius 3 is 1.08 bits per heavy atom. The second kappa shape index (κ2) is 58.6. The van der Waals surface area contributed by atoms with Gasteiger partial charge in [-0.2, -0.15) is 0 Å². The molecule has 5 atom stereocenters. The fourth-order valence-corrected chi connectivity index (χ4v) is 9.23. The van der Waals surface area contributed by atoms with Crippen LogP contribution in [0, 0.1) is 0 Å². The number of aliphatic hydroxyl groups excluding tert-OH is 2. The van der Waals surface area contributed by atoms with Crippen LogP contribution in [0.15, 0.2) is 109 Å². The van der Waals surface area contributed by atoms with Gasteiger partial charge < -0.3 is 34.2 Å². The Morgan fingerprint density at radius 2 is 0.651 bits per heavy atom. The lowest BCUT2D eigenvalue weighted by Gasteiger charge is -2.21. The summed E-state index contributed by atoms with van der Waals surface area (Å²) in [6.07, 6.45) is 63.1. The third-order valence-electron chi connectivity index (χ3n) is 12.5. The van der Waals surface area contributed by atoms with Crippen LogP contribution in [0.2, 0.25) is 0 Å². The summed E-state index contributed by atoms with van der Waals surface area (Å²) in [7, 11) is -9.78. The van der Waals surface area contributed by atoms with Gasteiger partial charge in [-0.25, -0.2) is 9.13 Å². The molecule has 0 aromatic heterocycles. The van der Waals surface area contributed by atoms with E-state index in [1.54, 1.807) is 0 Å². The molecule has 0 aliphatic carbocycles. The number of hydrogen-bond acceptors (Lipinski definition) is 14. The van der Waals surface area contributed by atoms with Crippen molar-refractivity contribution >= 4 is 33.6 Å². The third-order valence-corrected chi connectivity index (χ3v) is 14.4. The van der Waals surface area contributed by atoms with Gasteiger partial charge in [-0.05, 0) is 122 Å². The molecule has 0 rings (SSSR count). The highest BCUT2D eigenvalue weighted by molar-refractivity contribution is 7.47. The van der Waals surface area contributed by atoms with Crippen LogP contribution in [0.1, 0.15) is 226 Å². The van der Waals surface area contributed by atoms with Crippen molar-refractivity contribution in [3.05, 3.63) is 109 Å². The molecule has 0 aromatic rings. The van der Waals surface area contributed by atoms with E-state index in [9.17, 15) is 43.5 Å². The van der Waals surface area contributed by atoms with Crippen molar-refractivity contribution in [2.45, 2.75) is 245 Å². The summed E-state index contributed by atoms with van der Waals surface area (Å²) in [6, 6.07) is 0. The van der Waals surface area contributed by atoms with Crippen LogP contribution in [0.5, 0.6) is 0 Å². The van der Waals surface area contributed by atoms with Crippen LogP contribution in [-0.2, 0) is 55.8 Å². The molecule has 16 nitrogen and oxygen atoms in total. The van der Waals surface area contributed by atoms with Gasteiger partial charge in [-0.1, -0.05) is 194 Å². The smallest absolute Gasteiger partial charge is 0.463 e. The quantitative estimate of drug-likeness (QED) is 0.0146. The van der Waals surface area contributed by atoms with E-state index in [0.29, 0.717) is 19.3 Å². The summed E-state index contributed by atoms with van der Waals surface area (Å²) in [5, 5.41) is 20.5. The van der Waals surface area contributed by atoms with E-state index in [4.69, 9.17) is 32.3 Å². The highest BCUT2D eigenvalue weighted by atomic mass is 31.2. The maximum Gasteiger partial charge on any atom is 0.472 e. The number of carbonyl (C=O) groups excluding carboxylic acids is 3. The lowest BCUT2D eigenvalue weighted by atomic mass is 10.1. The maximum absolute atomic E-state index is 12.8. The van der Waals surface area contributed by atoms with Crippen molar-refractivity contribution in [2.24, 2.45) is 0 Å². The first kappa shape index (κ1) is 79.2. The van der Waals surface area contributed by atoms with Gasteiger partial charge in [-0.15, -0.1) is 0 Å². The van der Waals surface area contributed by atoms with Gasteiger partial charge in [0.25, 0.3) is 0 Å². The molecule has 0 aliphatic rings. The lowest BCUT2D eigenvalue weighted by molar-refractivity contribution is -0.161. The largest absolute Gasteiger partial charge is 0.472 e. The van der Waals surface area contributed by atoms with Gasteiger partial charge in [-0.3, -0.25) is 32.5 Å². The van der Waals surface area contributed by atoms with Crippen molar-refractivity contribution in [3.63, 3.8) is 0 Å². The van der Waals surface area contributed by atoms with Crippen molar-refractivity contribution in [3.8, 4) is 0 Å². The first-order valence-electron chi connectivity index (χ1n) is 31.2. The number of phosphoric acid groups is 2. The molecule has 0 aromatic carbocycles. The van der Waals surface area contributed by atoms with Crippen molar-refractivity contribution in [1.29, 1.82) is 0 Å². The fraction of sp³-hybridized carbons (Fsp3) is 0.677. The van der Waals surface area contributed by atoms with E-state index in [-0.39, 0.29) is 19.3 Å². The van der Waals surface area contributed by atoms with E-state index < -0.39 is 91.5 Å². The molecule has 0 saturated heterocycles. The number of aliphatic hydroxyl groups is 2. The second-order valence-electron chi connectivity index (χ2n) is 20.5. The summed E-state index contributed by atoms with van der Waals surface area (Å²) < 4.78 is 60.6. The highest BCUT2D eigenvalue weighted by Crippen LogP contribution is 2.45. The van der Waals surface area contributed by atoms with E-state index in [1.807, 2.05) is 0 Å². The Kier molecular flexibility index (Phi) is 55.9. The third kappa shape index (κ3) is 59.7. The maximum atomic E-state index is 12.8. The molecule has 0 saturated carbocycles. The number of rotatable bonds is 58. The number of unbranched alkanes of at least 4 members (excludes halogenated alkanes) is 17. The van der Waals surface area contributed by atoms with E-state index >= 15 is 0 Å². The minimum Gasteiger partial charge on any atom is -0.463 e. The molecule has 5 unspecified atom stereocenters. The van der Waals surface area contributed by atoms with Gasteiger partial charge in [0.1, 0.15) is 25.4 Å². The molecule has 0 amide bonds. The molecular weight excluding hydrogens is 1100 g/mol. The van der Waals surface area contributed by atoms with E-state index in [0.717, 1.165) is 135 Å². The Bertz CT molecular complexity index is 1960. The van der Waals surface area contributed by atoms with Crippen LogP contribution in [0.3, 0.4) is 0 Å². The molecule has 83 heavy (non-hydrogen) atoms. The van der Waals surface area contributed by atoms with Gasteiger partial charge >= 0.3 is 33.6 Å². The van der Waals surface area contributed by atoms with E-state index in [2.05, 4.69) is 130 Å². The number of phosphoric ester groups is 2. The van der Waals surface area contributed by atoms with Crippen molar-refractivity contribution in [1.82, 2.24) is 0 Å². The zero-order valence-corrected chi connectivity index (χ0v) is 52.9. The zero-order valence-electron chi connectivity index (χ0n) is 51.1. The normalized spacial score (nSPS) is 15.1. The van der Waals surface area contributed by atoms with Crippen LogP contribution in [0.25, 0.3) is 0 Å². The minimum absolute atomic E-state index is 0.0883. The number of ether oxygens (including phenoxy) is 3. The number of carbonyl (C=O) groups is 3. The average molecular weight is 1210 g/mol. The predicted octanol–water partition coefficient (Wildman–Crippen LogP) is 16.5. The van der Waals surface area contributed by atoms with E-state index in [1.165, 1.54) is 32.1 Å². The molecule has 0 heterocycles. The van der Waals surface area contributed by atoms with Gasteiger partial charge in [0.05, 0.1) is 26.4 Å². The van der Waals surface area contributed by atoms with Crippen molar-refractivity contribution in [2.75, 3.05) is 39.6 Å². The Hall–Kier alpha value is -3.79. The molecule has 0 aliphatic heterocycles. The summed E-state index contributed by atoms with van der Waals surface area (Å²) in [5.41, 5.74) is 0. The standard InChI is InChI=1S/C65H110O16P2/c1-4-7-10-13-16-19-22-24-26-27-28-29-30-31-33-35-37-39-42-45-48-51-63(68)75-54-60(66)55-77-82(71,72)78-56-61(67)57-79-83(73,74)80-59-62(81-65(70)53-50-47-44-41-36-21-18-15-12-9-6-3)58-76-64(69)52-49-46-43-40-38-34-32-25-23-20-17-14-11-8-5-2/h7,10,15-20,24-26,28-29,31-33,37,39,60-62,66-67H,4-6,8-9,11-14,21-23,27,30,34-36,38,40-59H2,1-3H3,(H,71,72)(H,73,74)/b10-7-,18-15-,19-16-,20-17-,26-24-,29-28-,32-25-,33-31-,39-37-. The lowest BCUT2D eigenvalue weighted by Crippen LogP contribution is -2.30. The molecule has 18 heteroatoms. The van der Waals surface area contributed by atoms with Gasteiger partial charge in [0.15, 0.2) is 6.10 Å². The molecule has 0 fully saturated rings. The summed E-state index contributed by atoms with van der Waals surface area (Å²) in [5.74, 6) is -1.65. The molecule has 0 spiro atoms. The molecular formula is C65H110O16P2. The molecule has 0 bridgehead atoms. The first-order chi connectivity index (χ1) is 40.2. The first-order valence-corrected chi connectivity index (χ1v) is 34.2. The van der Waals surface area contributed by atoms with Crippen molar-refractivity contribution < 1.29 is 75.8 Å². The summed E-state index contributed by atoms with van der Waals surface area (Å²) in [4.78, 5) is 58.1. The highest BCUT2D eigenvalue weighted by Gasteiger charge is 2.29. The topological polar surface area (TPSA) is 231 Å². The number of allylic oxidation sites excluding steroid dienone is 18. The summed E-state index contributed by atoms with van der Waals surface area (Å²) in [6.45, 7) is 2.37. The number of esters is 3. The van der Waals surface area contributed by atoms with Crippen LogP contribution >= 0.6 is 15.6 Å². The Labute approximate surface area is 500 Å². The number of hydrogen-bond donors (Lipinski definition) is 4. The van der Waals surface area contributed by atoms with Crippen LogP contribution < -0.4 is 0 Å². The van der Waals surface area contributed by atoms with Gasteiger partial charge in [0.2, 0.25) is 0 Å². The fourth-order valence-electron chi connectivity index (χ4n) is 7.64. The predicted molar refractivity (Wildman–Crippen MR) is 334 cm³/mol. The SMILES string of the molecule is CC/C=C\C/C=C\C/C=C\C/C=C\C/C=C\C/C=C\CCCCC(=O)OCC(O)COP(=O)(O)OCC(O)COP(=O)(O)OCC(COC(=O)CCCCCCC/C=C\C/C=C\CCCCC)OC(=O)CCCCCCC/C=C\CCCC. The monoisotopic (exact) mass is 1210 g/mol. The Balaban J connectivity index is 4.65. The van der Waals surface area contributed by atoms with Crippen LogP contribution in [-0.4, -0.2) is 95.9 Å². The van der Waals surface area contributed by atoms with Gasteiger partial charge in [0, 0.05) is 19.3 Å². The minimum atomic E-state index is -4.92. The zero-order chi connectivity index (χ0) is 61.0. The average Bonchev–Trinajstić information content (AvgIpc) is 3.46. The molecule has 0 radical (unpaired) electrons. The van der Waals surface area contributed by atoms with Crippen LogP contribution in [0.4, 0.5) is 0 Å². The summed E-state index contributed by atoms with van der Waals surface area (Å²) >= 11 is 0. The molecule has 476 valence electrons. The Morgan fingerprint density at radius 1 is 0.349 bits per heavy atom. The second-order valence-corrected chi connectivity index (χ2v) is 23.4. The molecule has 4 N–H and O–H groups in total.